The van der Waals surface area contributed by atoms with Crippen molar-refractivity contribution in [2.75, 3.05) is 0 Å². The predicted octanol–water partition coefficient (Wildman–Crippen LogP) is 9.35. The molecule has 8 aromatic rings. The fourth-order valence-electron chi connectivity index (χ4n) is 7.75. The summed E-state index contributed by atoms with van der Waals surface area (Å²) in [5.74, 6) is 1.59. The Kier molecular flexibility index (Phi) is 9.88. The maximum absolute atomic E-state index is 13.2. The fraction of sp³-hybridized carbons (Fsp3) is 0.170. The molecular formula is C47H43N7O. The van der Waals surface area contributed by atoms with Gasteiger partial charge in [-0.2, -0.15) is 4.73 Å². The second-order valence-corrected chi connectivity index (χ2v) is 14.1. The van der Waals surface area contributed by atoms with E-state index in [-0.39, 0.29) is 0 Å². The third-order valence-corrected chi connectivity index (χ3v) is 10.3. The molecule has 5 aromatic carbocycles. The highest BCUT2D eigenvalue weighted by Crippen LogP contribution is 2.43. The Labute approximate surface area is 322 Å². The van der Waals surface area contributed by atoms with E-state index in [2.05, 4.69) is 132 Å². The third kappa shape index (κ3) is 6.72. The molecule has 0 saturated heterocycles. The summed E-state index contributed by atoms with van der Waals surface area (Å²) in [4.78, 5) is 5.05. The van der Waals surface area contributed by atoms with E-state index in [0.717, 1.165) is 74.3 Å². The fourth-order valence-corrected chi connectivity index (χ4v) is 7.75. The van der Waals surface area contributed by atoms with Crippen LogP contribution in [0.3, 0.4) is 0 Å². The largest absolute Gasteiger partial charge is 0.618 e. The summed E-state index contributed by atoms with van der Waals surface area (Å²) in [5, 5.41) is 27.3. The zero-order valence-electron chi connectivity index (χ0n) is 31.4. The van der Waals surface area contributed by atoms with Crippen molar-refractivity contribution in [1.29, 1.82) is 0 Å². The SMILES string of the molecule is CCCCc1nc(-c2cc(C)cc(C)[n+]2[O-])cn1Cc1ccc(-c2ccccc2)c(-c2nnnn2C(c2ccccc2)(c2ccccc2)c2ccccc2)c1. The molecule has 0 atom stereocenters. The zero-order valence-corrected chi connectivity index (χ0v) is 31.4. The third-order valence-electron chi connectivity index (χ3n) is 10.3. The van der Waals surface area contributed by atoms with Crippen molar-refractivity contribution in [2.45, 2.75) is 52.1 Å². The van der Waals surface area contributed by atoms with Gasteiger partial charge in [-0.05, 0) is 68.8 Å². The molecule has 3 heterocycles. The number of rotatable bonds is 12. The summed E-state index contributed by atoms with van der Waals surface area (Å²) < 4.78 is 5.16. The topological polar surface area (TPSA) is 88.4 Å². The van der Waals surface area contributed by atoms with Crippen molar-refractivity contribution in [3.8, 4) is 33.9 Å². The molecule has 0 radical (unpaired) electrons. The van der Waals surface area contributed by atoms with Crippen LogP contribution in [0.5, 0.6) is 0 Å². The number of pyridine rings is 1. The summed E-state index contributed by atoms with van der Waals surface area (Å²) >= 11 is 0. The predicted molar refractivity (Wildman–Crippen MR) is 217 cm³/mol. The molecule has 0 aliphatic carbocycles. The summed E-state index contributed by atoms with van der Waals surface area (Å²) in [6.45, 7) is 6.59. The Hall–Kier alpha value is -6.67. The standard InChI is InChI=1S/C47H43N7O/c1-4-5-26-45-48-43(44-30-34(2)29-35(3)53(44)55)33-52(45)32-36-27-28-41(37-18-10-6-11-19-37)42(31-36)46-49-50-51-54(46)47(38-20-12-7-13-21-38,39-22-14-8-15-23-39)40-24-16-9-17-25-40/h6-25,27-31,33H,4-5,26,32H2,1-3H3. The van der Waals surface area contributed by atoms with E-state index < -0.39 is 5.54 Å². The van der Waals surface area contributed by atoms with E-state index in [0.29, 0.717) is 29.5 Å². The molecule has 0 amide bonds. The van der Waals surface area contributed by atoms with Crippen molar-refractivity contribution in [2.24, 2.45) is 0 Å². The molecule has 8 rings (SSSR count). The lowest BCUT2D eigenvalue weighted by Crippen LogP contribution is -2.39. The van der Waals surface area contributed by atoms with Gasteiger partial charge in [0.15, 0.2) is 17.2 Å². The van der Waals surface area contributed by atoms with Gasteiger partial charge in [0.2, 0.25) is 5.69 Å². The summed E-state index contributed by atoms with van der Waals surface area (Å²) in [5.41, 5.74) is 9.16. The van der Waals surface area contributed by atoms with Gasteiger partial charge < -0.3 is 9.77 Å². The monoisotopic (exact) mass is 721 g/mol. The lowest BCUT2D eigenvalue weighted by Gasteiger charge is -2.36. The number of hydrogen-bond acceptors (Lipinski definition) is 5. The van der Waals surface area contributed by atoms with Gasteiger partial charge in [0.05, 0.1) is 0 Å². The summed E-state index contributed by atoms with van der Waals surface area (Å²) in [6, 6.07) is 52.2. The minimum absolute atomic E-state index is 0.556. The van der Waals surface area contributed by atoms with Crippen molar-refractivity contribution >= 4 is 0 Å². The van der Waals surface area contributed by atoms with Gasteiger partial charge in [-0.25, -0.2) is 9.67 Å². The van der Waals surface area contributed by atoms with Gasteiger partial charge in [0.1, 0.15) is 11.4 Å². The van der Waals surface area contributed by atoms with Crippen LogP contribution in [0.1, 0.15) is 59.1 Å². The van der Waals surface area contributed by atoms with Gasteiger partial charge in [0.25, 0.3) is 0 Å². The smallest absolute Gasteiger partial charge is 0.244 e. The number of hydrogen-bond donors (Lipinski definition) is 0. The molecule has 0 aliphatic heterocycles. The number of benzene rings is 5. The maximum atomic E-state index is 13.2. The average Bonchev–Trinajstić information content (AvgIpc) is 3.88. The van der Waals surface area contributed by atoms with Gasteiger partial charge in [-0.1, -0.05) is 147 Å². The van der Waals surface area contributed by atoms with E-state index in [1.807, 2.05) is 61.1 Å². The minimum Gasteiger partial charge on any atom is -0.618 e. The molecule has 0 fully saturated rings. The Balaban J connectivity index is 1.33. The van der Waals surface area contributed by atoms with Crippen LogP contribution in [0.25, 0.3) is 33.9 Å². The Morgan fingerprint density at radius 1 is 0.691 bits per heavy atom. The molecule has 0 bridgehead atoms. The molecule has 0 unspecified atom stereocenters. The highest BCUT2D eigenvalue weighted by molar-refractivity contribution is 5.81. The van der Waals surface area contributed by atoms with Crippen molar-refractivity contribution in [1.82, 2.24) is 29.8 Å². The van der Waals surface area contributed by atoms with E-state index in [1.54, 1.807) is 0 Å². The molecule has 0 aliphatic rings. The maximum Gasteiger partial charge on any atom is 0.244 e. The van der Waals surface area contributed by atoms with Crippen LogP contribution in [0.4, 0.5) is 0 Å². The molecule has 55 heavy (non-hydrogen) atoms. The Bertz CT molecular complexity index is 2430. The highest BCUT2D eigenvalue weighted by atomic mass is 16.5. The van der Waals surface area contributed by atoms with Crippen LogP contribution >= 0.6 is 0 Å². The first kappa shape index (κ1) is 35.4. The van der Waals surface area contributed by atoms with E-state index >= 15 is 0 Å². The number of unbranched alkanes of at least 4 members (excludes halogenated alkanes) is 1. The summed E-state index contributed by atoms with van der Waals surface area (Å²) in [6.07, 6.45) is 4.86. The normalized spacial score (nSPS) is 11.5. The van der Waals surface area contributed by atoms with Crippen molar-refractivity contribution in [3.05, 3.63) is 202 Å². The van der Waals surface area contributed by atoms with Crippen LogP contribution in [0, 0.1) is 19.1 Å². The first-order valence-corrected chi connectivity index (χ1v) is 18.9. The quantitative estimate of drug-likeness (QED) is 0.0713. The van der Waals surface area contributed by atoms with Crippen molar-refractivity contribution < 1.29 is 4.73 Å². The zero-order chi connectivity index (χ0) is 37.8. The molecule has 3 aromatic heterocycles. The second kappa shape index (κ2) is 15.4. The van der Waals surface area contributed by atoms with E-state index in [1.165, 1.54) is 0 Å². The van der Waals surface area contributed by atoms with Crippen LogP contribution in [-0.4, -0.2) is 29.8 Å². The Morgan fingerprint density at radius 3 is 1.89 bits per heavy atom. The Morgan fingerprint density at radius 2 is 1.29 bits per heavy atom. The van der Waals surface area contributed by atoms with Crippen LogP contribution < -0.4 is 4.73 Å². The number of tetrazole rings is 1. The number of imidazole rings is 1. The number of aryl methyl sites for hydroxylation is 3. The van der Waals surface area contributed by atoms with Crippen LogP contribution in [-0.2, 0) is 18.5 Å². The first-order chi connectivity index (χ1) is 27.0. The van der Waals surface area contributed by atoms with E-state index in [9.17, 15) is 5.21 Å². The molecule has 0 spiro atoms. The van der Waals surface area contributed by atoms with Gasteiger partial charge >= 0.3 is 0 Å². The number of aromatic nitrogens is 7. The van der Waals surface area contributed by atoms with Crippen molar-refractivity contribution in [3.63, 3.8) is 0 Å². The lowest BCUT2D eigenvalue weighted by molar-refractivity contribution is -0.600. The van der Waals surface area contributed by atoms with Crippen LogP contribution in [0.2, 0.25) is 0 Å². The minimum atomic E-state index is -0.904. The van der Waals surface area contributed by atoms with Gasteiger partial charge in [0, 0.05) is 43.8 Å². The van der Waals surface area contributed by atoms with Gasteiger partial charge in [-0.15, -0.1) is 5.10 Å². The second-order valence-electron chi connectivity index (χ2n) is 14.1. The summed E-state index contributed by atoms with van der Waals surface area (Å²) in [7, 11) is 0. The molecule has 272 valence electrons. The molecule has 0 N–H and O–H groups in total. The molecule has 0 saturated carbocycles. The number of nitrogens with zero attached hydrogens (tertiary/aromatic N) is 7. The average molecular weight is 722 g/mol. The lowest BCUT2D eigenvalue weighted by atomic mass is 9.77. The molecule has 8 nitrogen and oxygen atoms in total. The highest BCUT2D eigenvalue weighted by Gasteiger charge is 2.42. The molecule has 8 heteroatoms. The van der Waals surface area contributed by atoms with Crippen LogP contribution in [0.15, 0.2) is 158 Å². The first-order valence-electron chi connectivity index (χ1n) is 18.9. The van der Waals surface area contributed by atoms with Gasteiger partial charge in [-0.3, -0.25) is 0 Å². The molecular weight excluding hydrogens is 679 g/mol. The van der Waals surface area contributed by atoms with E-state index in [4.69, 9.17) is 15.3 Å².